The van der Waals surface area contributed by atoms with Crippen LogP contribution in [0.4, 0.5) is 0 Å². The van der Waals surface area contributed by atoms with E-state index in [4.69, 9.17) is 0 Å². The topological polar surface area (TPSA) is 0 Å². The van der Waals surface area contributed by atoms with Crippen molar-refractivity contribution in [2.45, 2.75) is 198 Å². The Kier molecular flexibility index (Phi) is 18.3. The first-order valence-corrected chi connectivity index (χ1v) is 48.0. The summed E-state index contributed by atoms with van der Waals surface area (Å²) in [4.78, 5) is 0. The zero-order chi connectivity index (χ0) is 47.0. The van der Waals surface area contributed by atoms with Crippen LogP contribution < -0.4 is 10.4 Å². The molecule has 4 aliphatic carbocycles. The first kappa shape index (κ1) is 55.8. The maximum atomic E-state index is 2.97. The van der Waals surface area contributed by atoms with Gasteiger partial charge < -0.3 is 0 Å². The molecule has 2 atom stereocenters. The summed E-state index contributed by atoms with van der Waals surface area (Å²) in [6.07, 6.45) is 33.4. The van der Waals surface area contributed by atoms with E-state index < -0.39 is 33.5 Å². The van der Waals surface area contributed by atoms with Crippen molar-refractivity contribution in [3.05, 3.63) is 118 Å². The van der Waals surface area contributed by atoms with Crippen molar-refractivity contribution in [2.75, 3.05) is 0 Å². The quantitative estimate of drug-likeness (QED) is 0.124. The smallest absolute Gasteiger partial charge is 0.147 e. The summed E-state index contributed by atoms with van der Waals surface area (Å²) in [5.41, 5.74) is 16.6. The monoisotopic (exact) mass is 1080 g/mol. The molecule has 0 heterocycles. The minimum absolute atomic E-state index is 0. The van der Waals surface area contributed by atoms with Crippen molar-refractivity contribution in [1.29, 1.82) is 0 Å². The molecule has 2 unspecified atom stereocenters. The zero-order valence-corrected chi connectivity index (χ0v) is 52.1. The molecule has 6 heteroatoms. The van der Waals surface area contributed by atoms with Gasteiger partial charge in [0, 0.05) is 0 Å². The fourth-order valence-corrected chi connectivity index (χ4v) is 36.3. The second-order valence-electron chi connectivity index (χ2n) is 25.8. The molecular formula is C62H92Cl2Si3Zr. The van der Waals surface area contributed by atoms with E-state index in [0.29, 0.717) is 18.1 Å². The first-order chi connectivity index (χ1) is 31.4. The van der Waals surface area contributed by atoms with E-state index in [1.54, 1.807) is 32.6 Å². The van der Waals surface area contributed by atoms with Crippen LogP contribution >= 0.6 is 24.8 Å². The minimum atomic E-state index is -4.06. The third kappa shape index (κ3) is 11.8. The number of halogens is 2. The molecule has 68 heavy (non-hydrogen) atoms. The molecule has 370 valence electrons. The molecule has 0 N–H and O–H groups in total. The van der Waals surface area contributed by atoms with Gasteiger partial charge >= 0.3 is 412 Å². The van der Waals surface area contributed by atoms with Crippen LogP contribution in [0.1, 0.15) is 172 Å². The van der Waals surface area contributed by atoms with Gasteiger partial charge in [-0.2, -0.15) is 0 Å². The molecule has 0 radical (unpaired) electrons. The molecule has 0 nitrogen and oxygen atoms in total. The molecule has 2 saturated carbocycles. The fraction of sp³-hybridized carbons (Fsp3) is 0.548. The van der Waals surface area contributed by atoms with Gasteiger partial charge in [-0.25, -0.2) is 0 Å². The Labute approximate surface area is 433 Å². The number of benzene rings is 4. The Morgan fingerprint density at radius 1 is 0.471 bits per heavy atom. The Morgan fingerprint density at radius 3 is 1.07 bits per heavy atom. The molecule has 0 aromatic heterocycles. The molecule has 0 bridgehead atoms. The summed E-state index contributed by atoms with van der Waals surface area (Å²) in [5, 5.41) is 3.11. The van der Waals surface area contributed by atoms with Crippen LogP contribution in [0.25, 0.3) is 34.4 Å². The summed E-state index contributed by atoms with van der Waals surface area (Å²) < 4.78 is 6.98. The van der Waals surface area contributed by atoms with Gasteiger partial charge in [-0.05, 0) is 0 Å². The molecule has 0 saturated heterocycles. The van der Waals surface area contributed by atoms with Crippen LogP contribution in [0.5, 0.6) is 0 Å². The summed E-state index contributed by atoms with van der Waals surface area (Å²) in [6.45, 7) is 22.6. The predicted molar refractivity (Wildman–Crippen MR) is 314 cm³/mol. The van der Waals surface area contributed by atoms with E-state index in [9.17, 15) is 0 Å². The van der Waals surface area contributed by atoms with Gasteiger partial charge in [0.15, 0.2) is 0 Å². The van der Waals surface area contributed by atoms with E-state index in [0.717, 1.165) is 0 Å². The van der Waals surface area contributed by atoms with Crippen molar-refractivity contribution < 1.29 is 17.4 Å². The SMILES string of the molecule is CCC1(CC2=Cc3c(-c4ccc([Si](C)(C)C)cc4)cccc3[CH]2[Zr]([CH3])([CH3])(=[SiH2])[CH]2C(CC3(CC)CCCCCCCC3)=Cc3c(-c4ccc([Si](C)(C)C)cc4)cccc32)CCCCCCCC1.Cl.Cl. The van der Waals surface area contributed by atoms with E-state index in [-0.39, 0.29) is 24.8 Å². The predicted octanol–water partition coefficient (Wildman–Crippen LogP) is 18.7. The van der Waals surface area contributed by atoms with E-state index in [2.05, 4.69) is 166 Å². The average molecular weight is 1080 g/mol. The Bertz CT molecular complexity index is 2290. The van der Waals surface area contributed by atoms with Gasteiger partial charge in [-0.15, -0.1) is 24.8 Å². The van der Waals surface area contributed by atoms with Crippen molar-refractivity contribution in [1.82, 2.24) is 0 Å². The third-order valence-corrected chi connectivity index (χ3v) is 39.9. The summed E-state index contributed by atoms with van der Waals surface area (Å²) >= 11 is -4.06. The Morgan fingerprint density at radius 2 is 0.779 bits per heavy atom. The van der Waals surface area contributed by atoms with E-state index in [1.807, 2.05) is 11.1 Å². The van der Waals surface area contributed by atoms with Crippen LogP contribution in [0.2, 0.25) is 48.5 Å². The summed E-state index contributed by atoms with van der Waals surface area (Å²) in [5.74, 6) is 0. The van der Waals surface area contributed by atoms with Gasteiger partial charge in [0.2, 0.25) is 0 Å². The number of fused-ring (bicyclic) bond motifs is 2. The molecule has 4 aromatic rings. The zero-order valence-electron chi connectivity index (χ0n) is 44.6. The normalized spacial score (nSPS) is 21.2. The van der Waals surface area contributed by atoms with Crippen molar-refractivity contribution in [3.8, 4) is 22.3 Å². The van der Waals surface area contributed by atoms with Crippen LogP contribution in [0.3, 0.4) is 0 Å². The van der Waals surface area contributed by atoms with E-state index in [1.165, 1.54) is 151 Å². The Hall–Kier alpha value is -1.53. The molecule has 0 amide bonds. The standard InChI is InChI=1S/2C30H41Si.2CH3.2ClH.H2Si.Zr/c2*1-5-30(19-10-8-6-7-9-11-20-30)23-24-21-26-13-12-14-28(29(26)22-24)25-15-17-27(18-16-25)31(2,3)4;;;;;;/h2*12-18,21-22H,5-11,19-20,23H2,1-4H3;2*1H3;2*1H;1H2;. The van der Waals surface area contributed by atoms with Gasteiger partial charge in [0.25, 0.3) is 0 Å². The number of hydrogen-bond donors (Lipinski definition) is 0. The van der Waals surface area contributed by atoms with Crippen molar-refractivity contribution in [2.24, 2.45) is 10.8 Å². The molecule has 4 aliphatic rings. The molecular weight excluding hydrogens is 991 g/mol. The maximum Gasteiger partial charge on any atom is -0.147 e. The van der Waals surface area contributed by atoms with Crippen LogP contribution in [0, 0.1) is 10.8 Å². The second-order valence-corrected chi connectivity index (χ2v) is 66.4. The van der Waals surface area contributed by atoms with Gasteiger partial charge in [-0.3, -0.25) is 0 Å². The van der Waals surface area contributed by atoms with Gasteiger partial charge in [0.05, 0.1) is 0 Å². The average Bonchev–Trinajstić information content (AvgIpc) is 3.91. The first-order valence-electron chi connectivity index (χ1n) is 27.3. The minimum Gasteiger partial charge on any atom is -0.147 e. The fourth-order valence-electron chi connectivity index (χ4n) is 14.3. The molecule has 8 rings (SSSR count). The summed E-state index contributed by atoms with van der Waals surface area (Å²) in [6, 6.07) is 34.9. The molecule has 0 spiro atoms. The van der Waals surface area contributed by atoms with Crippen LogP contribution in [0.15, 0.2) is 96.1 Å². The van der Waals surface area contributed by atoms with Crippen LogP contribution in [-0.4, -0.2) is 23.0 Å². The number of hydrogen-bond acceptors (Lipinski definition) is 0. The Balaban J connectivity index is 0.00000381. The molecule has 2 fully saturated rings. The molecule has 4 aromatic carbocycles. The van der Waals surface area contributed by atoms with E-state index >= 15 is 0 Å². The van der Waals surface area contributed by atoms with Gasteiger partial charge in [0.1, 0.15) is 0 Å². The van der Waals surface area contributed by atoms with Crippen molar-refractivity contribution >= 4 is 70.4 Å². The number of allylic oxidation sites excluding steroid dienone is 2. The maximum absolute atomic E-state index is 4.06. The second kappa shape index (κ2) is 22.3. The third-order valence-electron chi connectivity index (χ3n) is 18.3. The van der Waals surface area contributed by atoms with Crippen molar-refractivity contribution in [3.63, 3.8) is 0 Å². The van der Waals surface area contributed by atoms with Crippen LogP contribution in [-0.2, 0) is 17.4 Å². The van der Waals surface area contributed by atoms with Gasteiger partial charge in [-0.1, -0.05) is 0 Å². The summed E-state index contributed by atoms with van der Waals surface area (Å²) in [7, 11) is -2.82. The molecule has 0 aliphatic heterocycles. The number of rotatable bonds is 12. The largest absolute Gasteiger partial charge is 0.147 e.